The molecule has 0 aliphatic heterocycles. The zero-order chi connectivity index (χ0) is 12.9. The van der Waals surface area contributed by atoms with E-state index in [9.17, 15) is 0 Å². The molecule has 1 aromatic carbocycles. The number of fused-ring (bicyclic) bond motifs is 1. The molecule has 1 heterocycles. The number of nitrogens with zero attached hydrogens (tertiary/aromatic N) is 1. The van der Waals surface area contributed by atoms with Crippen molar-refractivity contribution in [3.05, 3.63) is 36.7 Å². The molecular weight excluding hydrogens is 232 g/mol. The van der Waals surface area contributed by atoms with E-state index in [1.807, 2.05) is 12.4 Å². The SMILES string of the molecule is c1cc(NCCC2CCCCC2)c2ccncc2c1. The van der Waals surface area contributed by atoms with Gasteiger partial charge in [-0.2, -0.15) is 0 Å². The molecule has 0 saturated heterocycles. The number of hydrogen-bond donors (Lipinski definition) is 1. The number of hydrogen-bond acceptors (Lipinski definition) is 2. The first-order chi connectivity index (χ1) is 9.43. The van der Waals surface area contributed by atoms with Gasteiger partial charge in [0.25, 0.3) is 0 Å². The van der Waals surface area contributed by atoms with Crippen LogP contribution >= 0.6 is 0 Å². The van der Waals surface area contributed by atoms with Crippen LogP contribution in [-0.2, 0) is 0 Å². The molecule has 0 atom stereocenters. The van der Waals surface area contributed by atoms with Gasteiger partial charge in [-0.15, -0.1) is 0 Å². The molecule has 1 aromatic heterocycles. The summed E-state index contributed by atoms with van der Waals surface area (Å²) in [5.41, 5.74) is 1.25. The first kappa shape index (κ1) is 12.5. The normalized spacial score (nSPS) is 16.6. The summed E-state index contributed by atoms with van der Waals surface area (Å²) in [6.45, 7) is 1.09. The van der Waals surface area contributed by atoms with Crippen molar-refractivity contribution in [1.29, 1.82) is 0 Å². The molecule has 0 bridgehead atoms. The number of rotatable bonds is 4. The van der Waals surface area contributed by atoms with Crippen LogP contribution in [-0.4, -0.2) is 11.5 Å². The second kappa shape index (κ2) is 6.05. The number of aromatic nitrogens is 1. The summed E-state index contributed by atoms with van der Waals surface area (Å²) in [6, 6.07) is 8.49. The van der Waals surface area contributed by atoms with Crippen molar-refractivity contribution in [2.75, 3.05) is 11.9 Å². The van der Waals surface area contributed by atoms with E-state index in [4.69, 9.17) is 0 Å². The molecule has 0 unspecified atom stereocenters. The van der Waals surface area contributed by atoms with E-state index in [1.54, 1.807) is 0 Å². The van der Waals surface area contributed by atoms with E-state index in [1.165, 1.54) is 55.0 Å². The van der Waals surface area contributed by atoms with Crippen LogP contribution in [0.15, 0.2) is 36.7 Å². The first-order valence-corrected chi connectivity index (χ1v) is 7.50. The minimum atomic E-state index is 0.942. The van der Waals surface area contributed by atoms with Crippen molar-refractivity contribution >= 4 is 16.5 Å². The van der Waals surface area contributed by atoms with Gasteiger partial charge in [0.2, 0.25) is 0 Å². The highest BCUT2D eigenvalue weighted by Gasteiger charge is 2.12. The molecule has 0 spiro atoms. The average Bonchev–Trinajstić information content (AvgIpc) is 2.49. The van der Waals surface area contributed by atoms with E-state index in [-0.39, 0.29) is 0 Å². The number of anilines is 1. The van der Waals surface area contributed by atoms with Crippen molar-refractivity contribution in [3.63, 3.8) is 0 Å². The fourth-order valence-corrected chi connectivity index (χ4v) is 3.16. The Labute approximate surface area is 115 Å². The van der Waals surface area contributed by atoms with Crippen molar-refractivity contribution in [2.24, 2.45) is 5.92 Å². The third kappa shape index (κ3) is 3.06. The first-order valence-electron chi connectivity index (χ1n) is 7.50. The minimum Gasteiger partial charge on any atom is -0.385 e. The molecule has 3 rings (SSSR count). The van der Waals surface area contributed by atoms with Crippen LogP contribution < -0.4 is 5.32 Å². The smallest absolute Gasteiger partial charge is 0.0420 e. The quantitative estimate of drug-likeness (QED) is 0.861. The van der Waals surface area contributed by atoms with E-state index in [2.05, 4.69) is 34.6 Å². The van der Waals surface area contributed by atoms with Crippen LogP contribution in [0.25, 0.3) is 10.8 Å². The molecule has 19 heavy (non-hydrogen) atoms. The monoisotopic (exact) mass is 254 g/mol. The fraction of sp³-hybridized carbons (Fsp3) is 0.471. The molecule has 2 aromatic rings. The van der Waals surface area contributed by atoms with Crippen molar-refractivity contribution in [2.45, 2.75) is 38.5 Å². The minimum absolute atomic E-state index is 0.942. The molecule has 1 fully saturated rings. The Kier molecular flexibility index (Phi) is 3.97. The summed E-state index contributed by atoms with van der Waals surface area (Å²) in [6.07, 6.45) is 12.3. The third-order valence-corrected chi connectivity index (χ3v) is 4.27. The Hall–Kier alpha value is -1.57. The van der Waals surface area contributed by atoms with Crippen LogP contribution in [0.4, 0.5) is 5.69 Å². The number of nitrogens with one attached hydrogen (secondary N) is 1. The summed E-state index contributed by atoms with van der Waals surface area (Å²) in [7, 11) is 0. The fourth-order valence-electron chi connectivity index (χ4n) is 3.16. The summed E-state index contributed by atoms with van der Waals surface area (Å²) in [4.78, 5) is 4.18. The molecular formula is C17H22N2. The average molecular weight is 254 g/mol. The molecule has 1 aliphatic rings. The van der Waals surface area contributed by atoms with Gasteiger partial charge in [-0.1, -0.05) is 44.2 Å². The summed E-state index contributed by atoms with van der Waals surface area (Å²) in [5.74, 6) is 0.942. The number of benzene rings is 1. The lowest BCUT2D eigenvalue weighted by molar-refractivity contribution is 0.345. The Morgan fingerprint density at radius 2 is 2.00 bits per heavy atom. The Balaban J connectivity index is 1.62. The third-order valence-electron chi connectivity index (χ3n) is 4.27. The van der Waals surface area contributed by atoms with Gasteiger partial charge < -0.3 is 5.32 Å². The topological polar surface area (TPSA) is 24.9 Å². The van der Waals surface area contributed by atoms with Gasteiger partial charge in [0, 0.05) is 35.4 Å². The van der Waals surface area contributed by atoms with Crippen molar-refractivity contribution in [1.82, 2.24) is 4.98 Å². The van der Waals surface area contributed by atoms with Crippen LogP contribution in [0.1, 0.15) is 38.5 Å². The van der Waals surface area contributed by atoms with E-state index < -0.39 is 0 Å². The maximum Gasteiger partial charge on any atom is 0.0420 e. The van der Waals surface area contributed by atoms with Crippen LogP contribution in [0, 0.1) is 5.92 Å². The van der Waals surface area contributed by atoms with Crippen LogP contribution in [0.2, 0.25) is 0 Å². The second-order valence-corrected chi connectivity index (χ2v) is 5.62. The van der Waals surface area contributed by atoms with Crippen molar-refractivity contribution < 1.29 is 0 Å². The zero-order valence-electron chi connectivity index (χ0n) is 11.4. The predicted octanol–water partition coefficient (Wildman–Crippen LogP) is 4.62. The predicted molar refractivity (Wildman–Crippen MR) is 81.4 cm³/mol. The van der Waals surface area contributed by atoms with Gasteiger partial charge in [-0.25, -0.2) is 0 Å². The molecule has 2 nitrogen and oxygen atoms in total. The molecule has 0 radical (unpaired) electrons. The molecule has 100 valence electrons. The largest absolute Gasteiger partial charge is 0.385 e. The summed E-state index contributed by atoms with van der Waals surface area (Å²) >= 11 is 0. The molecule has 2 heteroatoms. The molecule has 1 aliphatic carbocycles. The zero-order valence-corrected chi connectivity index (χ0v) is 11.4. The van der Waals surface area contributed by atoms with Gasteiger partial charge in [-0.05, 0) is 24.5 Å². The van der Waals surface area contributed by atoms with E-state index in [0.29, 0.717) is 0 Å². The van der Waals surface area contributed by atoms with Gasteiger partial charge in [0.1, 0.15) is 0 Å². The van der Waals surface area contributed by atoms with Gasteiger partial charge >= 0.3 is 0 Å². The molecule has 1 N–H and O–H groups in total. The van der Waals surface area contributed by atoms with Gasteiger partial charge in [0.05, 0.1) is 0 Å². The second-order valence-electron chi connectivity index (χ2n) is 5.62. The van der Waals surface area contributed by atoms with Crippen LogP contribution in [0.5, 0.6) is 0 Å². The Morgan fingerprint density at radius 3 is 2.89 bits per heavy atom. The summed E-state index contributed by atoms with van der Waals surface area (Å²) < 4.78 is 0. The van der Waals surface area contributed by atoms with E-state index >= 15 is 0 Å². The highest BCUT2D eigenvalue weighted by Crippen LogP contribution is 2.27. The standard InChI is InChI=1S/C17H22N2/c1-2-5-14(6-3-1)9-12-19-17-8-4-7-15-13-18-11-10-16(15)17/h4,7-8,10-11,13-14,19H,1-3,5-6,9,12H2. The van der Waals surface area contributed by atoms with E-state index in [0.717, 1.165) is 12.5 Å². The highest BCUT2D eigenvalue weighted by atomic mass is 14.9. The lowest BCUT2D eigenvalue weighted by atomic mass is 9.87. The highest BCUT2D eigenvalue weighted by molar-refractivity contribution is 5.93. The maximum absolute atomic E-state index is 4.18. The van der Waals surface area contributed by atoms with Crippen LogP contribution in [0.3, 0.4) is 0 Å². The Morgan fingerprint density at radius 1 is 1.11 bits per heavy atom. The Bertz CT molecular complexity index is 524. The number of pyridine rings is 1. The van der Waals surface area contributed by atoms with Crippen molar-refractivity contribution in [3.8, 4) is 0 Å². The van der Waals surface area contributed by atoms with Gasteiger partial charge in [-0.3, -0.25) is 4.98 Å². The summed E-state index contributed by atoms with van der Waals surface area (Å²) in [5, 5.41) is 6.10. The maximum atomic E-state index is 4.18. The molecule has 0 amide bonds. The van der Waals surface area contributed by atoms with Gasteiger partial charge in [0.15, 0.2) is 0 Å². The molecule has 1 saturated carbocycles. The lowest BCUT2D eigenvalue weighted by Crippen LogP contribution is -2.12. The lowest BCUT2D eigenvalue weighted by Gasteiger charge is -2.21.